The SMILES string of the molecule is Cc1nc(C)n(Cc2cccc(NC(=O)C3CCCCC3(C)N)c2)n1. The molecule has 0 radical (unpaired) electrons. The fourth-order valence-electron chi connectivity index (χ4n) is 3.65. The highest BCUT2D eigenvalue weighted by Gasteiger charge is 2.37. The van der Waals surface area contributed by atoms with Gasteiger partial charge in [0.25, 0.3) is 0 Å². The maximum Gasteiger partial charge on any atom is 0.229 e. The molecule has 1 fully saturated rings. The maximum absolute atomic E-state index is 12.7. The van der Waals surface area contributed by atoms with E-state index in [4.69, 9.17) is 5.73 Å². The number of aromatic nitrogens is 3. The molecule has 1 aromatic carbocycles. The van der Waals surface area contributed by atoms with Gasteiger partial charge in [0.2, 0.25) is 5.91 Å². The third kappa shape index (κ3) is 4.07. The van der Waals surface area contributed by atoms with E-state index in [9.17, 15) is 4.79 Å². The second-order valence-corrected chi connectivity index (χ2v) is 7.36. The Morgan fingerprint density at radius 2 is 2.20 bits per heavy atom. The van der Waals surface area contributed by atoms with Crippen molar-refractivity contribution in [2.45, 2.75) is 58.5 Å². The van der Waals surface area contributed by atoms with Crippen LogP contribution in [-0.4, -0.2) is 26.2 Å². The summed E-state index contributed by atoms with van der Waals surface area (Å²) in [5, 5.41) is 7.44. The number of hydrogen-bond acceptors (Lipinski definition) is 4. The van der Waals surface area contributed by atoms with Crippen LogP contribution in [0.5, 0.6) is 0 Å². The number of carbonyl (C=O) groups is 1. The van der Waals surface area contributed by atoms with Gasteiger partial charge in [-0.2, -0.15) is 5.10 Å². The minimum atomic E-state index is -0.421. The zero-order valence-corrected chi connectivity index (χ0v) is 15.2. The Hall–Kier alpha value is -2.21. The van der Waals surface area contributed by atoms with Gasteiger partial charge in [0, 0.05) is 11.2 Å². The van der Waals surface area contributed by atoms with Gasteiger partial charge in [-0.3, -0.25) is 4.79 Å². The van der Waals surface area contributed by atoms with Crippen molar-refractivity contribution in [3.63, 3.8) is 0 Å². The Bertz CT molecular complexity index is 765. The molecule has 1 aromatic heterocycles. The summed E-state index contributed by atoms with van der Waals surface area (Å²) in [6.45, 7) is 6.45. The molecule has 1 amide bonds. The summed E-state index contributed by atoms with van der Waals surface area (Å²) in [4.78, 5) is 17.0. The van der Waals surface area contributed by atoms with E-state index in [1.54, 1.807) is 0 Å². The van der Waals surface area contributed by atoms with Crippen molar-refractivity contribution in [1.82, 2.24) is 14.8 Å². The number of anilines is 1. The molecular formula is C19H27N5O. The van der Waals surface area contributed by atoms with E-state index >= 15 is 0 Å². The van der Waals surface area contributed by atoms with Crippen LogP contribution in [0, 0.1) is 19.8 Å². The first-order chi connectivity index (χ1) is 11.8. The lowest BCUT2D eigenvalue weighted by atomic mass is 9.74. The van der Waals surface area contributed by atoms with Crippen LogP contribution in [0.1, 0.15) is 49.8 Å². The van der Waals surface area contributed by atoms with Crippen LogP contribution in [0.25, 0.3) is 0 Å². The van der Waals surface area contributed by atoms with E-state index in [0.29, 0.717) is 6.54 Å². The van der Waals surface area contributed by atoms with Crippen molar-refractivity contribution in [2.24, 2.45) is 11.7 Å². The lowest BCUT2D eigenvalue weighted by Gasteiger charge is -2.37. The number of nitrogens with two attached hydrogens (primary N) is 1. The largest absolute Gasteiger partial charge is 0.326 e. The summed E-state index contributed by atoms with van der Waals surface area (Å²) in [5.74, 6) is 1.54. The van der Waals surface area contributed by atoms with E-state index in [0.717, 1.165) is 48.6 Å². The van der Waals surface area contributed by atoms with Crippen molar-refractivity contribution in [1.29, 1.82) is 0 Å². The number of nitrogens with one attached hydrogen (secondary N) is 1. The van der Waals surface area contributed by atoms with Crippen molar-refractivity contribution >= 4 is 11.6 Å². The number of nitrogens with zero attached hydrogens (tertiary/aromatic N) is 3. The molecule has 2 aromatic rings. The third-order valence-electron chi connectivity index (χ3n) is 5.06. The smallest absolute Gasteiger partial charge is 0.229 e. The van der Waals surface area contributed by atoms with Crippen molar-refractivity contribution in [3.05, 3.63) is 41.5 Å². The molecule has 1 aliphatic carbocycles. The Kier molecular flexibility index (Phi) is 4.90. The van der Waals surface area contributed by atoms with Crippen molar-refractivity contribution in [2.75, 3.05) is 5.32 Å². The maximum atomic E-state index is 12.7. The number of hydrogen-bond donors (Lipinski definition) is 2. The predicted molar refractivity (Wildman–Crippen MR) is 98.2 cm³/mol. The van der Waals surface area contributed by atoms with Crippen LogP contribution in [-0.2, 0) is 11.3 Å². The summed E-state index contributed by atoms with van der Waals surface area (Å²) in [6.07, 6.45) is 3.92. The molecule has 3 N–H and O–H groups in total. The molecule has 0 bridgehead atoms. The first-order valence-corrected chi connectivity index (χ1v) is 8.92. The quantitative estimate of drug-likeness (QED) is 0.895. The standard InChI is InChI=1S/C19H27N5O/c1-13-21-14(2)24(23-13)12-15-7-6-8-16(11-15)22-18(25)17-9-4-5-10-19(17,3)20/h6-8,11,17H,4-5,9-10,12,20H2,1-3H3,(H,22,25). The molecule has 1 heterocycles. The lowest BCUT2D eigenvalue weighted by Crippen LogP contribution is -2.51. The molecular weight excluding hydrogens is 314 g/mol. The van der Waals surface area contributed by atoms with Gasteiger partial charge in [0.1, 0.15) is 11.6 Å². The molecule has 25 heavy (non-hydrogen) atoms. The van der Waals surface area contributed by atoms with Gasteiger partial charge in [0.15, 0.2) is 0 Å². The van der Waals surface area contributed by atoms with Crippen LogP contribution in [0.2, 0.25) is 0 Å². The fourth-order valence-corrected chi connectivity index (χ4v) is 3.65. The molecule has 1 saturated carbocycles. The minimum absolute atomic E-state index is 0.0228. The molecule has 0 aliphatic heterocycles. The number of amides is 1. The normalized spacial score (nSPS) is 23.4. The van der Waals surface area contributed by atoms with E-state index in [1.165, 1.54) is 0 Å². The molecule has 2 unspecified atom stereocenters. The topological polar surface area (TPSA) is 85.8 Å². The van der Waals surface area contributed by atoms with E-state index in [2.05, 4.69) is 15.4 Å². The van der Waals surface area contributed by atoms with E-state index < -0.39 is 5.54 Å². The van der Waals surface area contributed by atoms with Gasteiger partial charge < -0.3 is 11.1 Å². The van der Waals surface area contributed by atoms with Crippen molar-refractivity contribution in [3.8, 4) is 0 Å². The van der Waals surface area contributed by atoms with Crippen LogP contribution < -0.4 is 11.1 Å². The summed E-state index contributed by atoms with van der Waals surface area (Å²) < 4.78 is 1.87. The third-order valence-corrected chi connectivity index (χ3v) is 5.06. The molecule has 3 rings (SSSR count). The summed E-state index contributed by atoms with van der Waals surface area (Å²) in [5.41, 5.74) is 7.81. The summed E-state index contributed by atoms with van der Waals surface area (Å²) >= 11 is 0. The second-order valence-electron chi connectivity index (χ2n) is 7.36. The Balaban J connectivity index is 1.71. The van der Waals surface area contributed by atoms with E-state index in [-0.39, 0.29) is 11.8 Å². The number of aryl methyl sites for hydroxylation is 2. The molecule has 134 valence electrons. The van der Waals surface area contributed by atoms with Gasteiger partial charge in [-0.15, -0.1) is 0 Å². The monoisotopic (exact) mass is 341 g/mol. The van der Waals surface area contributed by atoms with Gasteiger partial charge in [-0.25, -0.2) is 9.67 Å². The van der Waals surface area contributed by atoms with Gasteiger partial charge >= 0.3 is 0 Å². The molecule has 0 spiro atoms. The average Bonchev–Trinajstić information content (AvgIpc) is 2.84. The molecule has 2 atom stereocenters. The Labute approximate surface area is 148 Å². The zero-order chi connectivity index (χ0) is 18.0. The molecule has 0 saturated heterocycles. The highest BCUT2D eigenvalue weighted by molar-refractivity contribution is 5.93. The fraction of sp³-hybridized carbons (Fsp3) is 0.526. The van der Waals surface area contributed by atoms with Crippen LogP contribution in [0.3, 0.4) is 0 Å². The second kappa shape index (κ2) is 6.96. The number of carbonyl (C=O) groups excluding carboxylic acids is 1. The zero-order valence-electron chi connectivity index (χ0n) is 15.2. The highest BCUT2D eigenvalue weighted by Crippen LogP contribution is 2.32. The average molecular weight is 341 g/mol. The van der Waals surface area contributed by atoms with E-state index in [1.807, 2.05) is 49.7 Å². The molecule has 6 nitrogen and oxygen atoms in total. The van der Waals surface area contributed by atoms with Gasteiger partial charge in [-0.1, -0.05) is 25.0 Å². The van der Waals surface area contributed by atoms with Gasteiger partial charge in [-0.05, 0) is 51.3 Å². The summed E-state index contributed by atoms with van der Waals surface area (Å²) in [7, 11) is 0. The number of benzene rings is 1. The number of rotatable bonds is 4. The first-order valence-electron chi connectivity index (χ1n) is 8.92. The Morgan fingerprint density at radius 1 is 1.40 bits per heavy atom. The molecule has 6 heteroatoms. The Morgan fingerprint density at radius 3 is 2.88 bits per heavy atom. The van der Waals surface area contributed by atoms with Crippen LogP contribution in [0.15, 0.2) is 24.3 Å². The minimum Gasteiger partial charge on any atom is -0.326 e. The highest BCUT2D eigenvalue weighted by atomic mass is 16.1. The first kappa shape index (κ1) is 17.6. The van der Waals surface area contributed by atoms with Crippen LogP contribution in [0.4, 0.5) is 5.69 Å². The molecule has 1 aliphatic rings. The van der Waals surface area contributed by atoms with Crippen LogP contribution >= 0.6 is 0 Å². The lowest BCUT2D eigenvalue weighted by molar-refractivity contribution is -0.122. The van der Waals surface area contributed by atoms with Gasteiger partial charge in [0.05, 0.1) is 12.5 Å². The predicted octanol–water partition coefficient (Wildman–Crippen LogP) is 2.79. The summed E-state index contributed by atoms with van der Waals surface area (Å²) in [6, 6.07) is 7.88. The van der Waals surface area contributed by atoms with Crippen molar-refractivity contribution < 1.29 is 4.79 Å².